The minimum Gasteiger partial charge on any atom is -0.481 e. The number of carbonyl (C=O) groups is 1. The van der Waals surface area contributed by atoms with E-state index in [-0.39, 0.29) is 17.0 Å². The molecular formula is C10H13ClN2O2. The van der Waals surface area contributed by atoms with Gasteiger partial charge in [0.25, 0.3) is 0 Å². The summed E-state index contributed by atoms with van der Waals surface area (Å²) in [5.41, 5.74) is 0.253. The third kappa shape index (κ3) is 3.16. The third-order valence-electron chi connectivity index (χ3n) is 1.82. The molecule has 0 unspecified atom stereocenters. The third-order valence-corrected chi connectivity index (χ3v) is 2.15. The molecule has 0 atom stereocenters. The number of halogens is 1. The van der Waals surface area contributed by atoms with Crippen molar-refractivity contribution in [2.75, 3.05) is 0 Å². The van der Waals surface area contributed by atoms with Crippen LogP contribution in [0.4, 0.5) is 0 Å². The number of aliphatic carboxylic acids is 1. The number of carboxylic acids is 1. The van der Waals surface area contributed by atoms with Crippen molar-refractivity contribution in [2.24, 2.45) is 0 Å². The van der Waals surface area contributed by atoms with Gasteiger partial charge in [0.1, 0.15) is 11.0 Å². The quantitative estimate of drug-likeness (QED) is 0.787. The van der Waals surface area contributed by atoms with E-state index in [0.29, 0.717) is 11.4 Å². The van der Waals surface area contributed by atoms with Crippen LogP contribution in [0.5, 0.6) is 0 Å². The lowest BCUT2D eigenvalue weighted by molar-refractivity contribution is -0.136. The average Bonchev–Trinajstić information content (AvgIpc) is 2.05. The highest BCUT2D eigenvalue weighted by molar-refractivity contribution is 6.30. The molecule has 0 aliphatic carbocycles. The second-order valence-corrected chi connectivity index (χ2v) is 4.69. The predicted molar refractivity (Wildman–Crippen MR) is 57.1 cm³/mol. The summed E-state index contributed by atoms with van der Waals surface area (Å²) in [5.74, 6) is -0.328. The van der Waals surface area contributed by atoms with E-state index in [9.17, 15) is 4.79 Å². The van der Waals surface area contributed by atoms with Gasteiger partial charge in [-0.1, -0.05) is 32.4 Å². The zero-order valence-electron chi connectivity index (χ0n) is 8.91. The summed E-state index contributed by atoms with van der Waals surface area (Å²) in [5, 5.41) is 8.83. The monoisotopic (exact) mass is 228 g/mol. The van der Waals surface area contributed by atoms with Crippen molar-refractivity contribution in [3.8, 4) is 0 Å². The van der Waals surface area contributed by atoms with E-state index in [1.807, 2.05) is 20.8 Å². The van der Waals surface area contributed by atoms with Crippen LogP contribution in [0.3, 0.4) is 0 Å². The van der Waals surface area contributed by atoms with Crippen molar-refractivity contribution < 1.29 is 9.90 Å². The second-order valence-electron chi connectivity index (χ2n) is 4.33. The lowest BCUT2D eigenvalue weighted by atomic mass is 9.96. The summed E-state index contributed by atoms with van der Waals surface area (Å²) in [4.78, 5) is 18.7. The van der Waals surface area contributed by atoms with Crippen molar-refractivity contribution in [2.45, 2.75) is 32.6 Å². The highest BCUT2D eigenvalue weighted by atomic mass is 35.5. The molecular weight excluding hydrogens is 216 g/mol. The molecule has 0 aromatic carbocycles. The van der Waals surface area contributed by atoms with Crippen LogP contribution in [0.15, 0.2) is 6.20 Å². The van der Waals surface area contributed by atoms with Gasteiger partial charge in [-0.3, -0.25) is 4.79 Å². The Morgan fingerprint density at radius 2 is 2.13 bits per heavy atom. The summed E-state index contributed by atoms with van der Waals surface area (Å²) < 4.78 is 0. The van der Waals surface area contributed by atoms with Gasteiger partial charge >= 0.3 is 5.97 Å². The summed E-state index contributed by atoms with van der Waals surface area (Å²) in [7, 11) is 0. The first-order valence-corrected chi connectivity index (χ1v) is 4.92. The Balaban J connectivity index is 3.03. The SMILES string of the molecule is CC(C)(C)c1ncc(CC(=O)O)c(Cl)n1. The van der Waals surface area contributed by atoms with E-state index < -0.39 is 5.97 Å². The Labute approximate surface area is 93.3 Å². The molecule has 0 radical (unpaired) electrons. The van der Waals surface area contributed by atoms with Crippen LogP contribution < -0.4 is 0 Å². The summed E-state index contributed by atoms with van der Waals surface area (Å²) in [6.07, 6.45) is 1.33. The maximum absolute atomic E-state index is 10.5. The normalized spacial score (nSPS) is 11.5. The van der Waals surface area contributed by atoms with Gasteiger partial charge in [-0.05, 0) is 0 Å². The Bertz CT molecular complexity index is 385. The van der Waals surface area contributed by atoms with Crippen molar-refractivity contribution >= 4 is 17.6 Å². The molecule has 1 aromatic rings. The number of rotatable bonds is 2. The molecule has 1 aromatic heterocycles. The fourth-order valence-corrected chi connectivity index (χ4v) is 1.22. The van der Waals surface area contributed by atoms with E-state index in [1.165, 1.54) is 6.20 Å². The molecule has 1 rings (SSSR count). The van der Waals surface area contributed by atoms with Crippen LogP contribution in [0, 0.1) is 0 Å². The lowest BCUT2D eigenvalue weighted by Gasteiger charge is -2.16. The van der Waals surface area contributed by atoms with Crippen LogP contribution in [0.25, 0.3) is 0 Å². The summed E-state index contributed by atoms with van der Waals surface area (Å²) in [6, 6.07) is 0. The largest absolute Gasteiger partial charge is 0.481 e. The average molecular weight is 229 g/mol. The molecule has 15 heavy (non-hydrogen) atoms. The molecule has 1 N–H and O–H groups in total. The Morgan fingerprint density at radius 1 is 1.53 bits per heavy atom. The number of aromatic nitrogens is 2. The summed E-state index contributed by atoms with van der Waals surface area (Å²) in [6.45, 7) is 5.90. The molecule has 1 heterocycles. The Hall–Kier alpha value is -1.16. The van der Waals surface area contributed by atoms with E-state index >= 15 is 0 Å². The van der Waals surface area contributed by atoms with Gasteiger partial charge in [0.15, 0.2) is 0 Å². The molecule has 0 aliphatic rings. The molecule has 0 saturated carbocycles. The van der Waals surface area contributed by atoms with Crippen molar-refractivity contribution in [3.63, 3.8) is 0 Å². The maximum atomic E-state index is 10.5. The molecule has 0 saturated heterocycles. The first-order chi connectivity index (χ1) is 6.80. The van der Waals surface area contributed by atoms with Crippen LogP contribution in [0.1, 0.15) is 32.2 Å². The van der Waals surface area contributed by atoms with Crippen LogP contribution in [-0.4, -0.2) is 21.0 Å². The molecule has 82 valence electrons. The van der Waals surface area contributed by atoms with E-state index in [1.54, 1.807) is 0 Å². The van der Waals surface area contributed by atoms with Crippen LogP contribution >= 0.6 is 11.6 Å². The van der Waals surface area contributed by atoms with Gasteiger partial charge < -0.3 is 5.11 Å². The number of hydrogen-bond acceptors (Lipinski definition) is 3. The van der Waals surface area contributed by atoms with E-state index in [0.717, 1.165) is 0 Å². The molecule has 0 spiro atoms. The minimum absolute atomic E-state index is 0.150. The molecule has 0 fully saturated rings. The zero-order chi connectivity index (χ0) is 11.6. The molecule has 0 bridgehead atoms. The van der Waals surface area contributed by atoms with Crippen LogP contribution in [-0.2, 0) is 16.6 Å². The lowest BCUT2D eigenvalue weighted by Crippen LogP contribution is -2.17. The predicted octanol–water partition coefficient (Wildman–Crippen LogP) is 2.05. The second kappa shape index (κ2) is 4.14. The number of hydrogen-bond donors (Lipinski definition) is 1. The van der Waals surface area contributed by atoms with Gasteiger partial charge in [-0.2, -0.15) is 0 Å². The van der Waals surface area contributed by atoms with Crippen molar-refractivity contribution in [1.29, 1.82) is 0 Å². The summed E-state index contributed by atoms with van der Waals surface area (Å²) >= 11 is 5.87. The standard InChI is InChI=1S/C10H13ClN2O2/c1-10(2,3)9-12-5-6(4-7(14)15)8(11)13-9/h5H,4H2,1-3H3,(H,14,15). The fourth-order valence-electron chi connectivity index (χ4n) is 1.03. The van der Waals surface area contributed by atoms with E-state index in [4.69, 9.17) is 16.7 Å². The van der Waals surface area contributed by atoms with Gasteiger partial charge in [-0.15, -0.1) is 0 Å². The molecule has 0 aliphatic heterocycles. The molecule has 4 nitrogen and oxygen atoms in total. The fraction of sp³-hybridized carbons (Fsp3) is 0.500. The smallest absolute Gasteiger partial charge is 0.307 e. The van der Waals surface area contributed by atoms with Gasteiger partial charge in [-0.25, -0.2) is 9.97 Å². The molecule has 0 amide bonds. The Kier molecular flexibility index (Phi) is 3.29. The Morgan fingerprint density at radius 3 is 2.53 bits per heavy atom. The van der Waals surface area contributed by atoms with E-state index in [2.05, 4.69) is 9.97 Å². The number of carboxylic acid groups (broad SMARTS) is 1. The number of nitrogens with zero attached hydrogens (tertiary/aromatic N) is 2. The van der Waals surface area contributed by atoms with Gasteiger partial charge in [0.2, 0.25) is 0 Å². The topological polar surface area (TPSA) is 63.1 Å². The zero-order valence-corrected chi connectivity index (χ0v) is 9.67. The highest BCUT2D eigenvalue weighted by Crippen LogP contribution is 2.21. The minimum atomic E-state index is -0.941. The maximum Gasteiger partial charge on any atom is 0.307 e. The first-order valence-electron chi connectivity index (χ1n) is 4.54. The van der Waals surface area contributed by atoms with Gasteiger partial charge in [0.05, 0.1) is 6.42 Å². The van der Waals surface area contributed by atoms with Crippen molar-refractivity contribution in [1.82, 2.24) is 9.97 Å². The molecule has 5 heteroatoms. The van der Waals surface area contributed by atoms with Crippen molar-refractivity contribution in [3.05, 3.63) is 22.7 Å². The van der Waals surface area contributed by atoms with Gasteiger partial charge in [0, 0.05) is 17.2 Å². The highest BCUT2D eigenvalue weighted by Gasteiger charge is 2.19. The van der Waals surface area contributed by atoms with Crippen LogP contribution in [0.2, 0.25) is 5.15 Å². The first kappa shape index (κ1) is 11.9.